The van der Waals surface area contributed by atoms with Crippen LogP contribution in [0.4, 0.5) is 38.5 Å². The van der Waals surface area contributed by atoms with E-state index < -0.39 is 71.8 Å². The van der Waals surface area contributed by atoms with Gasteiger partial charge >= 0.3 is 18.5 Å². The second-order valence-electron chi connectivity index (χ2n) is 11.6. The predicted octanol–water partition coefficient (Wildman–Crippen LogP) is 4.53. The van der Waals surface area contributed by atoms with E-state index in [2.05, 4.69) is 10.1 Å². The first-order valence-corrected chi connectivity index (χ1v) is 13.8. The van der Waals surface area contributed by atoms with E-state index in [-0.39, 0.29) is 31.5 Å². The lowest BCUT2D eigenvalue weighted by Gasteiger charge is -2.29. The lowest BCUT2D eigenvalue weighted by Crippen LogP contribution is -2.52. The van der Waals surface area contributed by atoms with Crippen molar-refractivity contribution >= 4 is 41.3 Å². The van der Waals surface area contributed by atoms with E-state index in [0.29, 0.717) is 40.9 Å². The number of imide groups is 1. The van der Waals surface area contributed by atoms with Gasteiger partial charge in [-0.05, 0) is 62.9 Å². The molecule has 0 radical (unpaired) electrons. The van der Waals surface area contributed by atoms with Crippen LogP contribution in [-0.4, -0.2) is 59.4 Å². The fraction of sp³-hybridized carbons (Fsp3) is 0.414. The van der Waals surface area contributed by atoms with Gasteiger partial charge in [0, 0.05) is 36.7 Å². The zero-order chi connectivity index (χ0) is 32.8. The normalized spacial score (nSPS) is 17.9. The summed E-state index contributed by atoms with van der Waals surface area (Å²) in [6.07, 6.45) is -6.49. The first-order valence-electron chi connectivity index (χ1n) is 13.8. The Balaban J connectivity index is 1.42. The monoisotopic (exact) mass is 636 g/mol. The third-order valence-electron chi connectivity index (χ3n) is 7.25. The molecule has 12 nitrogen and oxygen atoms in total. The number of ether oxygens (including phenoxy) is 3. The van der Waals surface area contributed by atoms with Crippen LogP contribution in [0.3, 0.4) is 0 Å². The summed E-state index contributed by atoms with van der Waals surface area (Å²) in [4.78, 5) is 66.3. The number of hydrogen-bond acceptors (Lipinski definition) is 8. The van der Waals surface area contributed by atoms with Crippen molar-refractivity contribution in [2.75, 3.05) is 16.8 Å². The Kier molecular flexibility index (Phi) is 8.10. The van der Waals surface area contributed by atoms with Crippen LogP contribution in [0.5, 0.6) is 5.75 Å². The second-order valence-corrected chi connectivity index (χ2v) is 11.6. The van der Waals surface area contributed by atoms with E-state index in [4.69, 9.17) is 9.47 Å². The molecule has 1 fully saturated rings. The molecule has 1 saturated heterocycles. The molecule has 3 aliphatic heterocycles. The molecule has 0 spiro atoms. The number of fused-ring (bicyclic) bond motifs is 3. The average molecular weight is 637 g/mol. The van der Waals surface area contributed by atoms with Crippen LogP contribution < -0.4 is 20.3 Å². The Hall–Kier alpha value is -4.89. The quantitative estimate of drug-likeness (QED) is 0.360. The fourth-order valence-electron chi connectivity index (χ4n) is 5.44. The molecule has 45 heavy (non-hydrogen) atoms. The summed E-state index contributed by atoms with van der Waals surface area (Å²) in [6.45, 7) is 4.75. The summed E-state index contributed by atoms with van der Waals surface area (Å²) in [5, 5.41) is 4.26. The van der Waals surface area contributed by atoms with Gasteiger partial charge in [-0.1, -0.05) is 0 Å². The van der Waals surface area contributed by atoms with Crippen LogP contribution in [0.2, 0.25) is 0 Å². The van der Waals surface area contributed by atoms with Gasteiger partial charge in [-0.3, -0.25) is 29.9 Å². The molecule has 2 aromatic carbocycles. The second kappa shape index (κ2) is 11.6. The number of anilines is 2. The Morgan fingerprint density at radius 3 is 2.47 bits per heavy atom. The molecule has 2 aromatic rings. The largest absolute Gasteiger partial charge is 0.573 e. The van der Waals surface area contributed by atoms with E-state index in [0.717, 1.165) is 6.07 Å². The molecular formula is C29H28F4N4O8. The van der Waals surface area contributed by atoms with Crippen LogP contribution in [0, 0.1) is 5.82 Å². The lowest BCUT2D eigenvalue weighted by atomic mass is 9.97. The van der Waals surface area contributed by atoms with E-state index >= 15 is 0 Å². The fourth-order valence-corrected chi connectivity index (χ4v) is 5.44. The minimum Gasteiger partial charge on any atom is -0.444 e. The van der Waals surface area contributed by atoms with Crippen molar-refractivity contribution in [3.63, 3.8) is 0 Å². The van der Waals surface area contributed by atoms with Crippen LogP contribution in [0.15, 0.2) is 24.3 Å². The van der Waals surface area contributed by atoms with Gasteiger partial charge in [0.15, 0.2) is 0 Å². The maximum Gasteiger partial charge on any atom is 0.573 e. The summed E-state index contributed by atoms with van der Waals surface area (Å²) in [7, 11) is 0. The lowest BCUT2D eigenvalue weighted by molar-refractivity contribution is -0.274. The van der Waals surface area contributed by atoms with Crippen molar-refractivity contribution in [1.82, 2.24) is 10.2 Å². The van der Waals surface area contributed by atoms with Gasteiger partial charge in [-0.15, -0.1) is 13.2 Å². The predicted molar refractivity (Wildman–Crippen MR) is 147 cm³/mol. The van der Waals surface area contributed by atoms with Crippen molar-refractivity contribution in [1.29, 1.82) is 0 Å². The topological polar surface area (TPSA) is 144 Å². The highest BCUT2D eigenvalue weighted by Gasteiger charge is 2.44. The highest BCUT2D eigenvalue weighted by Crippen LogP contribution is 2.42. The Bertz CT molecular complexity index is 1600. The summed E-state index contributed by atoms with van der Waals surface area (Å²) < 4.78 is 66.5. The molecule has 5 rings (SSSR count). The van der Waals surface area contributed by atoms with Gasteiger partial charge in [0.05, 0.1) is 11.4 Å². The molecule has 1 unspecified atom stereocenters. The van der Waals surface area contributed by atoms with E-state index in [9.17, 15) is 41.5 Å². The van der Waals surface area contributed by atoms with Crippen LogP contribution in [0.25, 0.3) is 0 Å². The maximum atomic E-state index is 14.2. The van der Waals surface area contributed by atoms with Gasteiger partial charge in [-0.25, -0.2) is 14.0 Å². The molecule has 3 heterocycles. The molecule has 0 saturated carbocycles. The van der Waals surface area contributed by atoms with Crippen molar-refractivity contribution in [3.05, 3.63) is 52.3 Å². The van der Waals surface area contributed by atoms with E-state index in [1.807, 2.05) is 5.32 Å². The zero-order valence-electron chi connectivity index (χ0n) is 24.3. The van der Waals surface area contributed by atoms with Crippen molar-refractivity contribution in [2.45, 2.75) is 71.2 Å². The first kappa shape index (κ1) is 31.5. The molecule has 0 aromatic heterocycles. The number of benzene rings is 2. The van der Waals surface area contributed by atoms with Crippen molar-refractivity contribution in [2.24, 2.45) is 0 Å². The number of nitrogens with zero attached hydrogens (tertiary/aromatic N) is 2. The first-order chi connectivity index (χ1) is 21.0. The molecule has 5 amide bonds. The highest BCUT2D eigenvalue weighted by molar-refractivity contribution is 6.07. The van der Waals surface area contributed by atoms with Crippen molar-refractivity contribution in [3.8, 4) is 5.75 Å². The molecule has 1 atom stereocenters. The Morgan fingerprint density at radius 2 is 1.80 bits per heavy atom. The number of piperidine rings is 1. The number of halogens is 4. The molecule has 0 aliphatic carbocycles. The van der Waals surface area contributed by atoms with Gasteiger partial charge in [0.2, 0.25) is 11.8 Å². The highest BCUT2D eigenvalue weighted by atomic mass is 19.4. The van der Waals surface area contributed by atoms with Crippen LogP contribution in [-0.2, 0) is 38.6 Å². The number of hydrogen-bond donors (Lipinski definition) is 2. The molecule has 0 bridgehead atoms. The summed E-state index contributed by atoms with van der Waals surface area (Å²) in [5.41, 5.74) is 0.402. The number of carbonyl (C=O) groups excluding carboxylic acids is 5. The Labute approximate surface area is 253 Å². The molecular weight excluding hydrogens is 608 g/mol. The summed E-state index contributed by atoms with van der Waals surface area (Å²) in [5.74, 6) is -3.42. The minimum absolute atomic E-state index is 0.0285. The summed E-state index contributed by atoms with van der Waals surface area (Å²) in [6, 6.07) is 2.60. The Morgan fingerprint density at radius 1 is 1.07 bits per heavy atom. The van der Waals surface area contributed by atoms with Crippen LogP contribution in [0.1, 0.15) is 60.7 Å². The number of carbonyl (C=O) groups is 5. The molecule has 240 valence electrons. The zero-order valence-corrected chi connectivity index (χ0v) is 24.3. The molecule has 2 N–H and O–H groups in total. The van der Waals surface area contributed by atoms with E-state index in [1.54, 1.807) is 20.8 Å². The van der Waals surface area contributed by atoms with Gasteiger partial charge < -0.3 is 19.1 Å². The summed E-state index contributed by atoms with van der Waals surface area (Å²) >= 11 is 0. The number of nitrogens with one attached hydrogen (secondary N) is 2. The smallest absolute Gasteiger partial charge is 0.444 e. The number of rotatable bonds is 5. The third kappa shape index (κ3) is 6.78. The number of amides is 5. The van der Waals surface area contributed by atoms with Crippen molar-refractivity contribution < 1.29 is 55.7 Å². The third-order valence-corrected chi connectivity index (χ3v) is 7.25. The van der Waals surface area contributed by atoms with Crippen LogP contribution >= 0.6 is 0 Å². The van der Waals surface area contributed by atoms with Gasteiger partial charge in [-0.2, -0.15) is 0 Å². The SMILES string of the molecule is CC(C)(C)OC(=O)N1CCc2c(COC(=O)Nc3cc(OC(F)(F)F)ccc3F)cc3c(c21)CN(C1CCC(=O)NC1=O)C3=O. The molecule has 16 heteroatoms. The minimum atomic E-state index is -5.04. The number of alkyl halides is 3. The average Bonchev–Trinajstić information content (AvgIpc) is 3.49. The molecule has 3 aliphatic rings. The maximum absolute atomic E-state index is 14.2. The standard InChI is InChI=1S/C29H28F4N4O8/c1-28(2,3)45-27(42)36-9-8-16-14(13-43-26(41)34-20-11-15(4-5-19(20)30)44-29(31,32)33)10-17-18(23(16)36)12-37(25(17)40)21-6-7-22(38)35-24(21)39/h4-5,10-11,21H,6-9,12-13H2,1-3H3,(H,34,41)(H,35,38,39). The van der Waals surface area contributed by atoms with E-state index in [1.165, 1.54) is 15.9 Å². The van der Waals surface area contributed by atoms with Gasteiger partial charge in [0.25, 0.3) is 5.91 Å². The van der Waals surface area contributed by atoms with Gasteiger partial charge in [0.1, 0.15) is 29.8 Å².